The molecule has 6 nitrogen and oxygen atoms in total. The summed E-state index contributed by atoms with van der Waals surface area (Å²) in [6.45, 7) is 0.481. The quantitative estimate of drug-likeness (QED) is 0.512. The van der Waals surface area contributed by atoms with E-state index in [0.29, 0.717) is 19.4 Å². The number of carbonyl (C=O) groups excluding carboxylic acids is 1. The van der Waals surface area contributed by atoms with Crippen molar-refractivity contribution >= 4 is 11.9 Å². The third-order valence-corrected chi connectivity index (χ3v) is 3.48. The molecule has 1 aromatic heterocycles. The summed E-state index contributed by atoms with van der Waals surface area (Å²) in [6, 6.07) is 0. The van der Waals surface area contributed by atoms with Crippen molar-refractivity contribution in [3.05, 3.63) is 18.2 Å². The van der Waals surface area contributed by atoms with Gasteiger partial charge in [-0.25, -0.2) is 4.98 Å². The lowest BCUT2D eigenvalue weighted by Gasteiger charge is -2.35. The van der Waals surface area contributed by atoms with Crippen LogP contribution in [0.2, 0.25) is 0 Å². The van der Waals surface area contributed by atoms with E-state index in [1.54, 1.807) is 12.4 Å². The fraction of sp³-hybridized carbons (Fsp3) is 0.583. The van der Waals surface area contributed by atoms with Gasteiger partial charge in [-0.2, -0.15) is 0 Å². The summed E-state index contributed by atoms with van der Waals surface area (Å²) in [6.07, 6.45) is 6.64. The van der Waals surface area contributed by atoms with E-state index >= 15 is 0 Å². The highest BCUT2D eigenvalue weighted by atomic mass is 16.4. The van der Waals surface area contributed by atoms with Crippen LogP contribution in [0.4, 0.5) is 0 Å². The Morgan fingerprint density at radius 1 is 1.50 bits per heavy atom. The van der Waals surface area contributed by atoms with Gasteiger partial charge in [0.15, 0.2) is 0 Å². The Hall–Kier alpha value is -1.85. The topological polar surface area (TPSA) is 95.1 Å². The van der Waals surface area contributed by atoms with Gasteiger partial charge in [0.1, 0.15) is 11.2 Å². The van der Waals surface area contributed by atoms with E-state index in [9.17, 15) is 9.59 Å². The molecule has 2 rings (SSSR count). The maximum Gasteiger partial charge on any atom is 0.319 e. The van der Waals surface area contributed by atoms with Crippen LogP contribution in [0, 0.1) is 5.41 Å². The Bertz CT molecular complexity index is 424. The van der Waals surface area contributed by atoms with Crippen molar-refractivity contribution in [3.8, 4) is 0 Å². The molecule has 18 heavy (non-hydrogen) atoms. The molecule has 98 valence electrons. The van der Waals surface area contributed by atoms with Gasteiger partial charge in [0.2, 0.25) is 5.91 Å². The number of hydrogen-bond acceptors (Lipinski definition) is 3. The molecular weight excluding hydrogens is 234 g/mol. The van der Waals surface area contributed by atoms with Crippen LogP contribution in [0.1, 0.15) is 31.5 Å². The van der Waals surface area contributed by atoms with Gasteiger partial charge in [0.05, 0.1) is 0 Å². The van der Waals surface area contributed by atoms with Gasteiger partial charge < -0.3 is 15.4 Å². The number of imidazole rings is 1. The molecule has 1 fully saturated rings. The highest BCUT2D eigenvalue weighted by Gasteiger charge is 2.50. The summed E-state index contributed by atoms with van der Waals surface area (Å²) in [5.74, 6) is -0.473. The molecule has 1 amide bonds. The number of aromatic amines is 1. The Morgan fingerprint density at radius 3 is 2.78 bits per heavy atom. The van der Waals surface area contributed by atoms with Crippen LogP contribution in [-0.4, -0.2) is 33.5 Å². The van der Waals surface area contributed by atoms with Crippen LogP contribution in [0.15, 0.2) is 12.4 Å². The predicted octanol–water partition coefficient (Wildman–Crippen LogP) is 0.713. The summed E-state index contributed by atoms with van der Waals surface area (Å²) in [7, 11) is 0. The zero-order valence-corrected chi connectivity index (χ0v) is 10.1. The molecule has 0 radical (unpaired) electrons. The number of amides is 1. The first-order valence-electron chi connectivity index (χ1n) is 6.15. The summed E-state index contributed by atoms with van der Waals surface area (Å²) < 4.78 is 0. The molecule has 0 atom stereocenters. The fourth-order valence-electron chi connectivity index (χ4n) is 2.13. The molecule has 6 heteroatoms. The van der Waals surface area contributed by atoms with E-state index in [1.165, 1.54) is 0 Å². The summed E-state index contributed by atoms with van der Waals surface area (Å²) >= 11 is 0. The number of carbonyl (C=O) groups is 2. The summed E-state index contributed by atoms with van der Waals surface area (Å²) in [5, 5.41) is 11.8. The monoisotopic (exact) mass is 251 g/mol. The highest BCUT2D eigenvalue weighted by Crippen LogP contribution is 2.41. The van der Waals surface area contributed by atoms with Gasteiger partial charge in [0.25, 0.3) is 0 Å². The van der Waals surface area contributed by atoms with Crippen LogP contribution in [0.25, 0.3) is 0 Å². The molecule has 0 bridgehead atoms. The minimum atomic E-state index is -1.16. The van der Waals surface area contributed by atoms with Crippen LogP contribution in [0.3, 0.4) is 0 Å². The number of rotatable bonds is 6. The van der Waals surface area contributed by atoms with Gasteiger partial charge in [0, 0.05) is 25.4 Å². The Morgan fingerprint density at radius 2 is 2.28 bits per heavy atom. The van der Waals surface area contributed by atoms with Crippen molar-refractivity contribution in [3.63, 3.8) is 0 Å². The first-order chi connectivity index (χ1) is 8.65. The smallest absolute Gasteiger partial charge is 0.319 e. The molecule has 0 aliphatic heterocycles. The third-order valence-electron chi connectivity index (χ3n) is 3.48. The Labute approximate surface area is 105 Å². The van der Waals surface area contributed by atoms with Crippen molar-refractivity contribution in [1.29, 1.82) is 0 Å². The summed E-state index contributed by atoms with van der Waals surface area (Å²) in [4.78, 5) is 30.0. The number of H-pyrrole nitrogens is 1. The van der Waals surface area contributed by atoms with Crippen LogP contribution < -0.4 is 5.32 Å². The van der Waals surface area contributed by atoms with Gasteiger partial charge in [-0.05, 0) is 19.3 Å². The average Bonchev–Trinajstić information content (AvgIpc) is 2.75. The van der Waals surface area contributed by atoms with Gasteiger partial charge in [-0.3, -0.25) is 9.59 Å². The molecular formula is C12H17N3O3. The van der Waals surface area contributed by atoms with Gasteiger partial charge in [-0.15, -0.1) is 0 Å². The molecule has 1 aliphatic carbocycles. The minimum absolute atomic E-state index is 0.347. The fourth-order valence-corrected chi connectivity index (χ4v) is 2.13. The standard InChI is InChI=1S/C12H17N3O3/c16-10(12(11(17)18)4-2-5-12)15-6-1-3-9-13-7-8-14-9/h7-8H,1-6H2,(H,13,14)(H,15,16)(H,17,18). The highest BCUT2D eigenvalue weighted by molar-refractivity contribution is 6.02. The number of carboxylic acids is 1. The lowest BCUT2D eigenvalue weighted by Crippen LogP contribution is -2.51. The molecule has 0 aromatic carbocycles. The zero-order chi connectivity index (χ0) is 13.0. The predicted molar refractivity (Wildman–Crippen MR) is 63.8 cm³/mol. The number of nitrogens with zero attached hydrogens (tertiary/aromatic N) is 1. The molecule has 1 aromatic rings. The molecule has 0 spiro atoms. The minimum Gasteiger partial charge on any atom is -0.480 e. The average molecular weight is 251 g/mol. The number of hydrogen-bond donors (Lipinski definition) is 3. The second-order valence-corrected chi connectivity index (χ2v) is 4.64. The van der Waals surface area contributed by atoms with E-state index in [2.05, 4.69) is 15.3 Å². The largest absolute Gasteiger partial charge is 0.480 e. The van der Waals surface area contributed by atoms with Crippen molar-refractivity contribution in [1.82, 2.24) is 15.3 Å². The van der Waals surface area contributed by atoms with E-state index in [1.807, 2.05) is 0 Å². The molecule has 0 saturated heterocycles. The number of aliphatic carboxylic acids is 1. The number of carboxylic acid groups (broad SMARTS) is 1. The van der Waals surface area contributed by atoms with E-state index in [0.717, 1.165) is 25.1 Å². The Kier molecular flexibility index (Phi) is 3.64. The first-order valence-corrected chi connectivity index (χ1v) is 6.15. The molecule has 1 heterocycles. The van der Waals surface area contributed by atoms with E-state index < -0.39 is 11.4 Å². The van der Waals surface area contributed by atoms with Crippen molar-refractivity contribution in [2.45, 2.75) is 32.1 Å². The van der Waals surface area contributed by atoms with E-state index in [-0.39, 0.29) is 5.91 Å². The summed E-state index contributed by atoms with van der Waals surface area (Å²) in [5.41, 5.74) is -1.16. The second-order valence-electron chi connectivity index (χ2n) is 4.64. The van der Waals surface area contributed by atoms with Crippen LogP contribution in [-0.2, 0) is 16.0 Å². The first kappa shape index (κ1) is 12.6. The van der Waals surface area contributed by atoms with Crippen LogP contribution >= 0.6 is 0 Å². The molecule has 1 aliphatic rings. The van der Waals surface area contributed by atoms with Gasteiger partial charge >= 0.3 is 5.97 Å². The van der Waals surface area contributed by atoms with Gasteiger partial charge in [-0.1, -0.05) is 6.42 Å². The zero-order valence-electron chi connectivity index (χ0n) is 10.1. The third kappa shape index (κ3) is 2.37. The van der Waals surface area contributed by atoms with Crippen molar-refractivity contribution in [2.75, 3.05) is 6.54 Å². The molecule has 3 N–H and O–H groups in total. The lowest BCUT2D eigenvalue weighted by molar-refractivity contribution is -0.162. The molecule has 1 saturated carbocycles. The van der Waals surface area contributed by atoms with Crippen molar-refractivity contribution < 1.29 is 14.7 Å². The van der Waals surface area contributed by atoms with E-state index in [4.69, 9.17) is 5.11 Å². The SMILES string of the molecule is O=C(O)C1(C(=O)NCCCc2ncc[nH]2)CCC1. The second kappa shape index (κ2) is 5.20. The van der Waals surface area contributed by atoms with Crippen molar-refractivity contribution in [2.24, 2.45) is 5.41 Å². The number of aromatic nitrogens is 2. The number of nitrogens with one attached hydrogen (secondary N) is 2. The van der Waals surface area contributed by atoms with Crippen LogP contribution in [0.5, 0.6) is 0 Å². The maximum absolute atomic E-state index is 11.8. The number of aryl methyl sites for hydroxylation is 1. The normalized spacial score (nSPS) is 16.9. The Balaban J connectivity index is 1.73. The molecule has 0 unspecified atom stereocenters. The maximum atomic E-state index is 11.8. The lowest BCUT2D eigenvalue weighted by atomic mass is 9.68.